The number of rotatable bonds is 8. The summed E-state index contributed by atoms with van der Waals surface area (Å²) in [5, 5.41) is 23.1. The molecule has 31 heavy (non-hydrogen) atoms. The van der Waals surface area contributed by atoms with Crippen molar-refractivity contribution >= 4 is 23.6 Å². The minimum atomic E-state index is -2.48. The van der Waals surface area contributed by atoms with Gasteiger partial charge in [-0.25, -0.2) is 15.6 Å². The Kier molecular flexibility index (Phi) is 7.30. The van der Waals surface area contributed by atoms with Gasteiger partial charge in [0.05, 0.1) is 5.92 Å². The molecule has 0 aromatic heterocycles. The Morgan fingerprint density at radius 1 is 1.29 bits per heavy atom. The van der Waals surface area contributed by atoms with Crippen LogP contribution in [0.1, 0.15) is 38.5 Å². The Labute approximate surface area is 180 Å². The molecule has 11 nitrogen and oxygen atoms in total. The van der Waals surface area contributed by atoms with Gasteiger partial charge in [-0.2, -0.15) is 0 Å². The standard InChI is InChI=1S/C20H32N4O7/c1-31-20(19(29)30,15-16(26)17(15)27)24(21)18(28)13-3-2-10-23(11-13)14(25)5-4-12-6-8-22-9-7-12/h12-13,15-16,22,26H,2-11,21H2,1H3,(H,29,30)/t13-,15?,16?,20-/m1/s1. The predicted molar refractivity (Wildman–Crippen MR) is 107 cm³/mol. The molecule has 2 amide bonds. The molecule has 0 aromatic carbocycles. The van der Waals surface area contributed by atoms with Crippen molar-refractivity contribution in [3.05, 3.63) is 0 Å². The Bertz CT molecular complexity index is 726. The van der Waals surface area contributed by atoms with Crippen LogP contribution in [-0.4, -0.2) is 88.8 Å². The number of methoxy groups -OCH3 is 1. The first kappa shape index (κ1) is 23.6. The van der Waals surface area contributed by atoms with Gasteiger partial charge >= 0.3 is 5.97 Å². The number of aliphatic carboxylic acids is 1. The first-order valence-electron chi connectivity index (χ1n) is 10.8. The number of Topliss-reactive ketones (excluding diaryl/α,β-unsaturated/α-hetero) is 1. The van der Waals surface area contributed by atoms with E-state index in [1.807, 2.05) is 0 Å². The van der Waals surface area contributed by atoms with Crippen LogP contribution in [0.25, 0.3) is 0 Å². The number of carboxylic acid groups (broad SMARTS) is 1. The van der Waals surface area contributed by atoms with E-state index >= 15 is 0 Å². The van der Waals surface area contributed by atoms with Crippen molar-refractivity contribution in [2.75, 3.05) is 33.3 Å². The normalized spacial score (nSPS) is 28.7. The first-order valence-corrected chi connectivity index (χ1v) is 10.8. The number of likely N-dealkylation sites (tertiary alicyclic amines) is 1. The summed E-state index contributed by atoms with van der Waals surface area (Å²) in [6.07, 6.45) is 2.80. The van der Waals surface area contributed by atoms with Crippen molar-refractivity contribution in [1.29, 1.82) is 0 Å². The zero-order valence-electron chi connectivity index (χ0n) is 17.8. The number of piperidine rings is 2. The summed E-state index contributed by atoms with van der Waals surface area (Å²) in [4.78, 5) is 51.0. The quantitative estimate of drug-likeness (QED) is 0.155. The van der Waals surface area contributed by atoms with Crippen LogP contribution in [0.2, 0.25) is 0 Å². The molecule has 2 aliphatic heterocycles. The van der Waals surface area contributed by atoms with Crippen LogP contribution in [0, 0.1) is 17.8 Å². The van der Waals surface area contributed by atoms with Crippen LogP contribution in [0.15, 0.2) is 0 Å². The number of nitrogens with two attached hydrogens (primary N) is 1. The Morgan fingerprint density at radius 3 is 2.48 bits per heavy atom. The SMILES string of the molecule is CO[C@@](C(=O)O)(C1C(=O)C1O)N(N)C(=O)[C@@H]1CCCN(C(=O)CCC2CCNCC2)C1. The molecule has 2 unspecified atom stereocenters. The van der Waals surface area contributed by atoms with Gasteiger partial charge in [0.15, 0.2) is 5.78 Å². The number of hydrazine groups is 1. The van der Waals surface area contributed by atoms with Crippen molar-refractivity contribution in [2.24, 2.45) is 23.6 Å². The van der Waals surface area contributed by atoms with Gasteiger partial charge in [0.2, 0.25) is 11.8 Å². The maximum atomic E-state index is 13.0. The topological polar surface area (TPSA) is 162 Å². The highest BCUT2D eigenvalue weighted by atomic mass is 16.5. The third-order valence-corrected chi connectivity index (χ3v) is 6.79. The minimum Gasteiger partial charge on any atom is -0.478 e. The minimum absolute atomic E-state index is 0.0244. The maximum absolute atomic E-state index is 13.0. The number of carboxylic acids is 1. The van der Waals surface area contributed by atoms with Gasteiger partial charge in [0, 0.05) is 26.6 Å². The van der Waals surface area contributed by atoms with Crippen molar-refractivity contribution in [1.82, 2.24) is 15.2 Å². The molecule has 11 heteroatoms. The van der Waals surface area contributed by atoms with E-state index in [1.165, 1.54) is 0 Å². The van der Waals surface area contributed by atoms with Gasteiger partial charge in [0.25, 0.3) is 5.72 Å². The van der Waals surface area contributed by atoms with Gasteiger partial charge < -0.3 is 25.2 Å². The number of hydrogen-bond donors (Lipinski definition) is 4. The molecule has 0 bridgehead atoms. The molecule has 0 aromatic rings. The van der Waals surface area contributed by atoms with Crippen molar-refractivity contribution in [3.63, 3.8) is 0 Å². The smallest absolute Gasteiger partial charge is 0.359 e. The van der Waals surface area contributed by atoms with E-state index in [-0.39, 0.29) is 12.5 Å². The average Bonchev–Trinajstić information content (AvgIpc) is 3.38. The van der Waals surface area contributed by atoms with Crippen LogP contribution < -0.4 is 11.2 Å². The van der Waals surface area contributed by atoms with Crippen LogP contribution in [0.3, 0.4) is 0 Å². The second-order valence-corrected chi connectivity index (χ2v) is 8.65. The fourth-order valence-electron chi connectivity index (χ4n) is 4.75. The number of ether oxygens (including phenoxy) is 1. The second kappa shape index (κ2) is 9.60. The lowest BCUT2D eigenvalue weighted by atomic mass is 9.92. The summed E-state index contributed by atoms with van der Waals surface area (Å²) in [6.45, 7) is 2.61. The van der Waals surface area contributed by atoms with E-state index < -0.39 is 41.3 Å². The van der Waals surface area contributed by atoms with E-state index in [4.69, 9.17) is 10.6 Å². The lowest BCUT2D eigenvalue weighted by Crippen LogP contribution is -2.66. The van der Waals surface area contributed by atoms with Crippen molar-refractivity contribution in [3.8, 4) is 0 Å². The zero-order chi connectivity index (χ0) is 22.8. The summed E-state index contributed by atoms with van der Waals surface area (Å²) < 4.78 is 5.03. The van der Waals surface area contributed by atoms with Gasteiger partial charge in [0.1, 0.15) is 12.0 Å². The number of amides is 2. The number of aliphatic hydroxyl groups is 1. The lowest BCUT2D eigenvalue weighted by molar-refractivity contribution is -0.206. The predicted octanol–water partition coefficient (Wildman–Crippen LogP) is -1.31. The Balaban J connectivity index is 1.63. The van der Waals surface area contributed by atoms with E-state index in [0.29, 0.717) is 36.7 Å². The number of ketones is 1. The number of nitrogens with zero attached hydrogens (tertiary/aromatic N) is 2. The van der Waals surface area contributed by atoms with E-state index in [0.717, 1.165) is 39.5 Å². The molecule has 5 N–H and O–H groups in total. The number of carbonyl (C=O) groups is 4. The van der Waals surface area contributed by atoms with E-state index in [9.17, 15) is 29.4 Å². The Morgan fingerprint density at radius 2 is 1.94 bits per heavy atom. The average molecular weight is 440 g/mol. The Hall–Kier alpha value is -2.08. The first-order chi connectivity index (χ1) is 14.7. The van der Waals surface area contributed by atoms with Crippen molar-refractivity contribution in [2.45, 2.75) is 50.4 Å². The fourth-order valence-corrected chi connectivity index (χ4v) is 4.75. The molecular weight excluding hydrogens is 408 g/mol. The molecular formula is C20H32N4O7. The van der Waals surface area contributed by atoms with Crippen LogP contribution in [0.4, 0.5) is 0 Å². The zero-order valence-corrected chi connectivity index (χ0v) is 17.8. The fraction of sp³-hybridized carbons (Fsp3) is 0.800. The van der Waals surface area contributed by atoms with Gasteiger partial charge in [-0.1, -0.05) is 0 Å². The highest BCUT2D eigenvalue weighted by Gasteiger charge is 2.69. The van der Waals surface area contributed by atoms with Crippen molar-refractivity contribution < 1.29 is 34.1 Å². The number of aliphatic hydroxyl groups excluding tert-OH is 1. The van der Waals surface area contributed by atoms with Crippen LogP contribution in [-0.2, 0) is 23.9 Å². The summed E-state index contributed by atoms with van der Waals surface area (Å²) in [7, 11) is 1.02. The molecule has 4 atom stereocenters. The number of hydrogen-bond acceptors (Lipinski definition) is 8. The third-order valence-electron chi connectivity index (χ3n) is 6.79. The molecule has 0 spiro atoms. The second-order valence-electron chi connectivity index (χ2n) is 8.65. The van der Waals surface area contributed by atoms with E-state index in [2.05, 4.69) is 5.32 Å². The van der Waals surface area contributed by atoms with Gasteiger partial charge in [-0.3, -0.25) is 14.4 Å². The van der Waals surface area contributed by atoms with Gasteiger partial charge in [-0.15, -0.1) is 0 Å². The molecule has 174 valence electrons. The molecule has 3 fully saturated rings. The lowest BCUT2D eigenvalue weighted by Gasteiger charge is -2.39. The van der Waals surface area contributed by atoms with Crippen LogP contribution >= 0.6 is 0 Å². The highest BCUT2D eigenvalue weighted by molar-refractivity contribution is 6.07. The number of nitrogens with one attached hydrogen (secondary N) is 1. The summed E-state index contributed by atoms with van der Waals surface area (Å²) in [5.74, 6) is 1.12. The molecule has 1 saturated carbocycles. The summed E-state index contributed by atoms with van der Waals surface area (Å²) >= 11 is 0. The molecule has 2 saturated heterocycles. The molecule has 0 radical (unpaired) electrons. The molecule has 2 heterocycles. The monoisotopic (exact) mass is 440 g/mol. The number of carbonyl (C=O) groups excluding carboxylic acids is 3. The van der Waals surface area contributed by atoms with Crippen LogP contribution in [0.5, 0.6) is 0 Å². The maximum Gasteiger partial charge on any atom is 0.359 e. The molecule has 3 rings (SSSR count). The highest BCUT2D eigenvalue weighted by Crippen LogP contribution is 2.41. The summed E-state index contributed by atoms with van der Waals surface area (Å²) in [6, 6.07) is 0. The third kappa shape index (κ3) is 4.59. The molecule has 1 aliphatic carbocycles. The summed E-state index contributed by atoms with van der Waals surface area (Å²) in [5.41, 5.74) is -2.48. The van der Waals surface area contributed by atoms with Gasteiger partial charge in [-0.05, 0) is 51.1 Å². The molecule has 3 aliphatic rings. The van der Waals surface area contributed by atoms with E-state index in [1.54, 1.807) is 4.90 Å². The largest absolute Gasteiger partial charge is 0.478 e.